The third kappa shape index (κ3) is 3.27. The van der Waals surface area contributed by atoms with Crippen molar-refractivity contribution in [3.63, 3.8) is 0 Å². The Bertz CT molecular complexity index is 479. The van der Waals surface area contributed by atoms with E-state index in [1.807, 2.05) is 24.3 Å². The van der Waals surface area contributed by atoms with Gasteiger partial charge in [-0.3, -0.25) is 11.3 Å². The number of hydrogen-bond donors (Lipinski definition) is 2. The van der Waals surface area contributed by atoms with Crippen LogP contribution in [-0.4, -0.2) is 6.04 Å². The third-order valence-electron chi connectivity index (χ3n) is 2.81. The summed E-state index contributed by atoms with van der Waals surface area (Å²) in [6.45, 7) is 0. The minimum atomic E-state index is 0.0556. The Labute approximate surface area is 116 Å². The highest BCUT2D eigenvalue weighted by Gasteiger charge is 2.14. The Morgan fingerprint density at radius 2 is 1.89 bits per heavy atom. The molecule has 0 saturated carbocycles. The monoisotopic (exact) mass is 284 g/mol. The Kier molecular flexibility index (Phi) is 4.66. The minimum absolute atomic E-state index is 0.0556. The summed E-state index contributed by atoms with van der Waals surface area (Å²) in [6.07, 6.45) is 4.78. The van der Waals surface area contributed by atoms with Gasteiger partial charge in [0, 0.05) is 16.1 Å². The van der Waals surface area contributed by atoms with Crippen LogP contribution in [0.2, 0.25) is 10.0 Å². The van der Waals surface area contributed by atoms with Crippen LogP contribution in [0.4, 0.5) is 0 Å². The van der Waals surface area contributed by atoms with Gasteiger partial charge in [0.25, 0.3) is 0 Å². The molecule has 0 aliphatic heterocycles. The lowest BCUT2D eigenvalue weighted by molar-refractivity contribution is 0.514. The second-order valence-electron chi connectivity index (χ2n) is 4.10. The molecule has 0 bridgehead atoms. The average Bonchev–Trinajstić information content (AvgIpc) is 2.85. The molecule has 1 atom stereocenters. The number of nitrogens with one attached hydrogen (secondary N) is 1. The van der Waals surface area contributed by atoms with E-state index >= 15 is 0 Å². The minimum Gasteiger partial charge on any atom is -0.472 e. The summed E-state index contributed by atoms with van der Waals surface area (Å²) in [5.41, 5.74) is 4.78. The van der Waals surface area contributed by atoms with E-state index < -0.39 is 0 Å². The van der Waals surface area contributed by atoms with Crippen LogP contribution < -0.4 is 11.3 Å². The SMILES string of the molecule is NNC(Cc1ccoc1)Cc1c(Cl)cccc1Cl. The van der Waals surface area contributed by atoms with Crippen molar-refractivity contribution in [3.8, 4) is 0 Å². The van der Waals surface area contributed by atoms with E-state index in [9.17, 15) is 0 Å². The van der Waals surface area contributed by atoms with Crippen molar-refractivity contribution in [1.29, 1.82) is 0 Å². The molecule has 1 aromatic heterocycles. The molecule has 1 unspecified atom stereocenters. The van der Waals surface area contributed by atoms with Gasteiger partial charge in [0.15, 0.2) is 0 Å². The Morgan fingerprint density at radius 3 is 2.44 bits per heavy atom. The molecule has 1 aromatic carbocycles. The third-order valence-corrected chi connectivity index (χ3v) is 3.52. The molecule has 0 radical (unpaired) electrons. The maximum Gasteiger partial charge on any atom is 0.0935 e. The van der Waals surface area contributed by atoms with E-state index in [1.54, 1.807) is 12.5 Å². The molecule has 3 N–H and O–H groups in total. The van der Waals surface area contributed by atoms with Crippen LogP contribution in [0.3, 0.4) is 0 Å². The molecular formula is C13H14Cl2N2O. The molecule has 96 valence electrons. The second kappa shape index (κ2) is 6.25. The second-order valence-corrected chi connectivity index (χ2v) is 4.92. The fraction of sp³-hybridized carbons (Fsp3) is 0.231. The number of furan rings is 1. The topological polar surface area (TPSA) is 51.2 Å². The zero-order valence-corrected chi connectivity index (χ0v) is 11.2. The van der Waals surface area contributed by atoms with Crippen LogP contribution in [0.5, 0.6) is 0 Å². The molecule has 18 heavy (non-hydrogen) atoms. The molecule has 0 spiro atoms. The highest BCUT2D eigenvalue weighted by Crippen LogP contribution is 2.26. The zero-order chi connectivity index (χ0) is 13.0. The van der Waals surface area contributed by atoms with Gasteiger partial charge in [0.1, 0.15) is 0 Å². The van der Waals surface area contributed by atoms with Crippen molar-refractivity contribution in [3.05, 3.63) is 58.0 Å². The van der Waals surface area contributed by atoms with Gasteiger partial charge in [-0.2, -0.15) is 0 Å². The maximum absolute atomic E-state index is 6.14. The summed E-state index contributed by atoms with van der Waals surface area (Å²) >= 11 is 12.3. The van der Waals surface area contributed by atoms with Gasteiger partial charge in [0.05, 0.1) is 12.5 Å². The molecule has 2 aromatic rings. The van der Waals surface area contributed by atoms with Crippen LogP contribution in [0, 0.1) is 0 Å². The van der Waals surface area contributed by atoms with Crippen LogP contribution >= 0.6 is 23.2 Å². The van der Waals surface area contributed by atoms with Crippen molar-refractivity contribution in [1.82, 2.24) is 5.43 Å². The van der Waals surface area contributed by atoms with Crippen LogP contribution in [-0.2, 0) is 12.8 Å². The number of nitrogens with two attached hydrogens (primary N) is 1. The summed E-state index contributed by atoms with van der Waals surface area (Å²) in [5.74, 6) is 5.57. The lowest BCUT2D eigenvalue weighted by atomic mass is 10.0. The van der Waals surface area contributed by atoms with Gasteiger partial charge < -0.3 is 4.42 Å². The molecule has 0 aliphatic carbocycles. The van der Waals surface area contributed by atoms with E-state index in [0.717, 1.165) is 17.5 Å². The van der Waals surface area contributed by atoms with Gasteiger partial charge in [-0.25, -0.2) is 0 Å². The predicted molar refractivity (Wildman–Crippen MR) is 73.7 cm³/mol. The Balaban J connectivity index is 2.10. The number of rotatable bonds is 5. The Hall–Kier alpha value is -1.00. The fourth-order valence-electron chi connectivity index (χ4n) is 1.86. The molecule has 0 amide bonds. The fourth-order valence-corrected chi connectivity index (χ4v) is 2.41. The van der Waals surface area contributed by atoms with Crippen molar-refractivity contribution in [2.24, 2.45) is 5.84 Å². The smallest absolute Gasteiger partial charge is 0.0935 e. The number of halogens is 2. The van der Waals surface area contributed by atoms with Crippen LogP contribution in [0.25, 0.3) is 0 Å². The molecule has 3 nitrogen and oxygen atoms in total. The van der Waals surface area contributed by atoms with Gasteiger partial charge in [-0.05, 0) is 42.2 Å². The lowest BCUT2D eigenvalue weighted by Gasteiger charge is -2.16. The standard InChI is InChI=1S/C13H14Cl2N2O/c14-12-2-1-3-13(15)11(12)7-10(17-16)6-9-4-5-18-8-9/h1-5,8,10,17H,6-7,16H2. The van der Waals surface area contributed by atoms with E-state index in [1.165, 1.54) is 0 Å². The first-order chi connectivity index (χ1) is 8.70. The van der Waals surface area contributed by atoms with E-state index in [4.69, 9.17) is 33.5 Å². The summed E-state index contributed by atoms with van der Waals surface area (Å²) in [4.78, 5) is 0. The number of benzene rings is 1. The average molecular weight is 285 g/mol. The van der Waals surface area contributed by atoms with Crippen molar-refractivity contribution in [2.45, 2.75) is 18.9 Å². The quantitative estimate of drug-likeness (QED) is 0.655. The van der Waals surface area contributed by atoms with Crippen molar-refractivity contribution >= 4 is 23.2 Å². The van der Waals surface area contributed by atoms with Gasteiger partial charge in [-0.15, -0.1) is 0 Å². The van der Waals surface area contributed by atoms with Crippen LogP contribution in [0.1, 0.15) is 11.1 Å². The number of hydrogen-bond acceptors (Lipinski definition) is 3. The maximum atomic E-state index is 6.14. The lowest BCUT2D eigenvalue weighted by Crippen LogP contribution is -2.38. The Morgan fingerprint density at radius 1 is 1.17 bits per heavy atom. The summed E-state index contributed by atoms with van der Waals surface area (Å²) in [5, 5.41) is 1.32. The highest BCUT2D eigenvalue weighted by atomic mass is 35.5. The summed E-state index contributed by atoms with van der Waals surface area (Å²) < 4.78 is 5.04. The molecule has 2 rings (SSSR count). The first-order valence-corrected chi connectivity index (χ1v) is 6.36. The molecule has 0 aliphatic rings. The van der Waals surface area contributed by atoms with Gasteiger partial charge >= 0.3 is 0 Å². The normalized spacial score (nSPS) is 12.6. The summed E-state index contributed by atoms with van der Waals surface area (Å²) in [6, 6.07) is 7.45. The van der Waals surface area contributed by atoms with E-state index in [2.05, 4.69) is 5.43 Å². The predicted octanol–water partition coefficient (Wildman–Crippen LogP) is 3.20. The highest BCUT2D eigenvalue weighted by molar-refractivity contribution is 6.36. The molecule has 5 heteroatoms. The van der Waals surface area contributed by atoms with E-state index in [0.29, 0.717) is 16.5 Å². The molecular weight excluding hydrogens is 271 g/mol. The van der Waals surface area contributed by atoms with Crippen LogP contribution in [0.15, 0.2) is 41.2 Å². The molecule has 0 fully saturated rings. The molecule has 1 heterocycles. The number of hydrazine groups is 1. The summed E-state index contributed by atoms with van der Waals surface area (Å²) in [7, 11) is 0. The first-order valence-electron chi connectivity index (χ1n) is 5.61. The largest absolute Gasteiger partial charge is 0.472 e. The molecule has 0 saturated heterocycles. The van der Waals surface area contributed by atoms with Gasteiger partial charge in [0.2, 0.25) is 0 Å². The first kappa shape index (κ1) is 13.4. The zero-order valence-electron chi connectivity index (χ0n) is 9.70. The van der Waals surface area contributed by atoms with Gasteiger partial charge in [-0.1, -0.05) is 29.3 Å². The van der Waals surface area contributed by atoms with Crippen molar-refractivity contribution < 1.29 is 4.42 Å². The van der Waals surface area contributed by atoms with Crippen molar-refractivity contribution in [2.75, 3.05) is 0 Å². The van der Waals surface area contributed by atoms with E-state index in [-0.39, 0.29) is 6.04 Å².